The molecular formula is C6H2N8O3. The van der Waals surface area contributed by atoms with Gasteiger partial charge in [0.2, 0.25) is 0 Å². The summed E-state index contributed by atoms with van der Waals surface area (Å²) < 4.78 is 1.09. The lowest BCUT2D eigenvalue weighted by Crippen LogP contribution is -2.22. The molecule has 0 radical (unpaired) electrons. The second-order valence-electron chi connectivity index (χ2n) is 2.64. The fraction of sp³-hybridized carbons (Fsp3) is 0. The Kier molecular flexibility index (Phi) is 2.30. The summed E-state index contributed by atoms with van der Waals surface area (Å²) in [5, 5.41) is 26.0. The van der Waals surface area contributed by atoms with Crippen LogP contribution in [0.4, 0.5) is 10.7 Å². The molecular weight excluding hydrogens is 232 g/mol. The molecule has 0 bridgehead atoms. The standard InChI is InChI=1S/C6H2N8O3/c7-1-4-10-5(14(16)17)13(11-4)6(15)12-3-8-2-9-12/h2-3H. The van der Waals surface area contributed by atoms with Gasteiger partial charge in [-0.1, -0.05) is 0 Å². The Bertz CT molecular complexity index is 620. The largest absolute Gasteiger partial charge is 0.466 e. The molecule has 0 unspecified atom stereocenters. The molecule has 0 spiro atoms. The molecule has 2 rings (SSSR count). The highest BCUT2D eigenvalue weighted by molar-refractivity contribution is 5.78. The first-order valence-corrected chi connectivity index (χ1v) is 4.04. The quantitative estimate of drug-likeness (QED) is 0.458. The smallest absolute Gasteiger partial charge is 0.390 e. The second kappa shape index (κ2) is 3.77. The normalized spacial score (nSPS) is 9.82. The van der Waals surface area contributed by atoms with Crippen LogP contribution in [-0.4, -0.2) is 40.5 Å². The van der Waals surface area contributed by atoms with Crippen molar-refractivity contribution in [2.24, 2.45) is 0 Å². The Morgan fingerprint density at radius 2 is 2.35 bits per heavy atom. The van der Waals surface area contributed by atoms with Crippen molar-refractivity contribution in [3.63, 3.8) is 0 Å². The predicted octanol–water partition coefficient (Wildman–Crippen LogP) is -0.834. The van der Waals surface area contributed by atoms with Gasteiger partial charge in [-0.05, 0) is 19.7 Å². The molecule has 11 nitrogen and oxygen atoms in total. The Balaban J connectivity index is 2.52. The van der Waals surface area contributed by atoms with Crippen LogP contribution in [0.15, 0.2) is 12.7 Å². The maximum absolute atomic E-state index is 11.7. The third-order valence-corrected chi connectivity index (χ3v) is 1.65. The van der Waals surface area contributed by atoms with Crippen molar-refractivity contribution in [3.05, 3.63) is 28.6 Å². The maximum atomic E-state index is 11.7. The van der Waals surface area contributed by atoms with Gasteiger partial charge in [0.05, 0.1) is 0 Å². The van der Waals surface area contributed by atoms with Crippen LogP contribution >= 0.6 is 0 Å². The number of nitro groups is 1. The van der Waals surface area contributed by atoms with E-state index in [-0.39, 0.29) is 0 Å². The first kappa shape index (κ1) is 10.4. The van der Waals surface area contributed by atoms with Crippen molar-refractivity contribution in [1.82, 2.24) is 29.5 Å². The summed E-state index contributed by atoms with van der Waals surface area (Å²) in [4.78, 5) is 28.1. The second-order valence-corrected chi connectivity index (χ2v) is 2.64. The van der Waals surface area contributed by atoms with Crippen LogP contribution in [0.3, 0.4) is 0 Å². The fourth-order valence-electron chi connectivity index (χ4n) is 1.00. The minimum Gasteiger partial charge on any atom is -0.390 e. The highest BCUT2D eigenvalue weighted by atomic mass is 16.6. The van der Waals surface area contributed by atoms with Crippen molar-refractivity contribution in [2.75, 3.05) is 0 Å². The van der Waals surface area contributed by atoms with E-state index in [4.69, 9.17) is 5.26 Å². The summed E-state index contributed by atoms with van der Waals surface area (Å²) in [6.07, 6.45) is 2.12. The molecule has 2 aromatic rings. The number of hydrogen-bond donors (Lipinski definition) is 0. The van der Waals surface area contributed by atoms with Gasteiger partial charge in [-0.2, -0.15) is 9.94 Å². The van der Waals surface area contributed by atoms with Crippen molar-refractivity contribution in [1.29, 1.82) is 5.26 Å². The molecule has 0 amide bonds. The van der Waals surface area contributed by atoms with Gasteiger partial charge >= 0.3 is 17.8 Å². The van der Waals surface area contributed by atoms with Crippen LogP contribution in [-0.2, 0) is 0 Å². The van der Waals surface area contributed by atoms with Crippen LogP contribution in [0.2, 0.25) is 0 Å². The lowest BCUT2D eigenvalue weighted by molar-refractivity contribution is -0.395. The highest BCUT2D eigenvalue weighted by Gasteiger charge is 2.28. The average Bonchev–Trinajstić information content (AvgIpc) is 2.97. The SMILES string of the molecule is N#Cc1nc([N+](=O)[O-])n(C(=O)n2cncn2)n1. The topological polar surface area (TPSA) is 145 Å². The summed E-state index contributed by atoms with van der Waals surface area (Å²) in [6.45, 7) is 0. The van der Waals surface area contributed by atoms with Gasteiger partial charge in [-0.25, -0.2) is 9.78 Å². The Labute approximate surface area is 92.1 Å². The Morgan fingerprint density at radius 1 is 1.59 bits per heavy atom. The zero-order chi connectivity index (χ0) is 12.4. The number of carbonyl (C=O) groups is 1. The summed E-state index contributed by atoms with van der Waals surface area (Å²) in [5.74, 6) is -1.34. The van der Waals surface area contributed by atoms with Crippen molar-refractivity contribution < 1.29 is 9.72 Å². The summed E-state index contributed by atoms with van der Waals surface area (Å²) >= 11 is 0. The van der Waals surface area contributed by atoms with Gasteiger partial charge < -0.3 is 10.1 Å². The van der Waals surface area contributed by atoms with Crippen LogP contribution in [0.25, 0.3) is 0 Å². The number of nitrogens with zero attached hydrogens (tertiary/aromatic N) is 8. The lowest BCUT2D eigenvalue weighted by atomic mass is 10.7. The molecule has 84 valence electrons. The third-order valence-electron chi connectivity index (χ3n) is 1.65. The van der Waals surface area contributed by atoms with Crippen LogP contribution in [0.5, 0.6) is 0 Å². The van der Waals surface area contributed by atoms with E-state index in [0.29, 0.717) is 4.68 Å². The Morgan fingerprint density at radius 3 is 2.88 bits per heavy atom. The van der Waals surface area contributed by atoms with Crippen molar-refractivity contribution >= 4 is 12.0 Å². The molecule has 0 aliphatic carbocycles. The van der Waals surface area contributed by atoms with Crippen molar-refractivity contribution in [3.8, 4) is 6.07 Å². The molecule has 17 heavy (non-hydrogen) atoms. The summed E-state index contributed by atoms with van der Waals surface area (Å²) in [7, 11) is 0. The van der Waals surface area contributed by atoms with E-state index < -0.39 is 22.7 Å². The minimum absolute atomic E-state index is 0.368. The Hall–Kier alpha value is -3.16. The van der Waals surface area contributed by atoms with E-state index >= 15 is 0 Å². The molecule has 0 aliphatic heterocycles. The molecule has 0 saturated heterocycles. The van der Waals surface area contributed by atoms with Gasteiger partial charge in [0.15, 0.2) is 6.07 Å². The molecule has 0 saturated carbocycles. The van der Waals surface area contributed by atoms with E-state index in [2.05, 4.69) is 20.2 Å². The first-order valence-electron chi connectivity index (χ1n) is 4.04. The predicted molar refractivity (Wildman–Crippen MR) is 47.6 cm³/mol. The van der Waals surface area contributed by atoms with Gasteiger partial charge in [0, 0.05) is 0 Å². The lowest BCUT2D eigenvalue weighted by Gasteiger charge is -1.95. The molecule has 11 heteroatoms. The molecule has 0 aromatic carbocycles. The molecule has 0 atom stereocenters. The van der Waals surface area contributed by atoms with E-state index in [9.17, 15) is 14.9 Å². The highest BCUT2D eigenvalue weighted by Crippen LogP contribution is 2.07. The maximum Gasteiger partial charge on any atom is 0.466 e. The number of rotatable bonds is 1. The number of nitriles is 1. The van der Waals surface area contributed by atoms with Crippen LogP contribution in [0, 0.1) is 21.4 Å². The van der Waals surface area contributed by atoms with Gasteiger partial charge in [-0.15, -0.1) is 5.10 Å². The first-order chi connectivity index (χ1) is 8.13. The number of aromatic nitrogens is 6. The van der Waals surface area contributed by atoms with Crippen LogP contribution in [0.1, 0.15) is 5.82 Å². The fourth-order valence-corrected chi connectivity index (χ4v) is 1.00. The van der Waals surface area contributed by atoms with Gasteiger partial charge in [0.25, 0.3) is 0 Å². The zero-order valence-corrected chi connectivity index (χ0v) is 7.96. The third kappa shape index (κ3) is 1.69. The monoisotopic (exact) mass is 234 g/mol. The molecule has 2 heterocycles. The van der Waals surface area contributed by atoms with E-state index in [0.717, 1.165) is 17.3 Å². The average molecular weight is 234 g/mol. The van der Waals surface area contributed by atoms with E-state index in [1.807, 2.05) is 0 Å². The number of carbonyl (C=O) groups excluding carboxylic acids is 1. The molecule has 0 aliphatic rings. The summed E-state index contributed by atoms with van der Waals surface area (Å²) in [5.41, 5.74) is 0. The van der Waals surface area contributed by atoms with Gasteiger partial charge in [0.1, 0.15) is 12.7 Å². The minimum atomic E-state index is -0.955. The van der Waals surface area contributed by atoms with Crippen LogP contribution < -0.4 is 0 Å². The van der Waals surface area contributed by atoms with Gasteiger partial charge in [-0.3, -0.25) is 0 Å². The summed E-state index contributed by atoms with van der Waals surface area (Å²) in [6, 6.07) is 0.542. The molecule has 0 fully saturated rings. The number of hydrogen-bond acceptors (Lipinski definition) is 8. The molecule has 0 N–H and O–H groups in total. The molecule has 2 aromatic heterocycles. The van der Waals surface area contributed by atoms with E-state index in [1.165, 1.54) is 6.07 Å². The zero-order valence-electron chi connectivity index (χ0n) is 7.96. The van der Waals surface area contributed by atoms with Crippen molar-refractivity contribution in [2.45, 2.75) is 0 Å². The van der Waals surface area contributed by atoms with E-state index in [1.54, 1.807) is 0 Å².